The first-order valence-electron chi connectivity index (χ1n) is 9.80. The third kappa shape index (κ3) is 5.82. The van der Waals surface area contributed by atoms with Gasteiger partial charge in [0.25, 0.3) is 0 Å². The Morgan fingerprint density at radius 1 is 1.14 bits per heavy atom. The van der Waals surface area contributed by atoms with Crippen molar-refractivity contribution in [3.8, 4) is 0 Å². The average molecular weight is 398 g/mol. The number of aryl methyl sites for hydroxylation is 1. The molecule has 2 aliphatic rings. The Labute approximate surface area is 165 Å². The van der Waals surface area contributed by atoms with Crippen molar-refractivity contribution < 1.29 is 22.7 Å². The van der Waals surface area contributed by atoms with Crippen molar-refractivity contribution in [2.75, 3.05) is 45.9 Å². The lowest BCUT2D eigenvalue weighted by molar-refractivity contribution is -0.138. The van der Waals surface area contributed by atoms with Crippen molar-refractivity contribution in [1.29, 1.82) is 0 Å². The van der Waals surface area contributed by atoms with Crippen LogP contribution in [0.1, 0.15) is 37.0 Å². The van der Waals surface area contributed by atoms with Gasteiger partial charge in [0.2, 0.25) is 5.91 Å². The molecule has 0 bridgehead atoms. The molecule has 0 unspecified atom stereocenters. The Kier molecular flexibility index (Phi) is 8.07. The van der Waals surface area contributed by atoms with E-state index in [0.29, 0.717) is 50.4 Å². The lowest BCUT2D eigenvalue weighted by Crippen LogP contribution is -2.45. The molecule has 0 aliphatic carbocycles. The minimum atomic E-state index is -4.38. The van der Waals surface area contributed by atoms with E-state index in [4.69, 9.17) is 4.74 Å². The molecule has 156 valence electrons. The van der Waals surface area contributed by atoms with Crippen LogP contribution in [0.2, 0.25) is 0 Å². The third-order valence-electron chi connectivity index (χ3n) is 4.85. The van der Waals surface area contributed by atoms with E-state index in [1.54, 1.807) is 24.0 Å². The van der Waals surface area contributed by atoms with Gasteiger partial charge in [-0.15, -0.1) is 0 Å². The summed E-state index contributed by atoms with van der Waals surface area (Å²) in [7, 11) is 0. The molecule has 4 nitrogen and oxygen atoms in total. The first-order valence-corrected chi connectivity index (χ1v) is 9.80. The van der Waals surface area contributed by atoms with E-state index in [2.05, 4.69) is 0 Å². The molecule has 0 aromatic heterocycles. The maximum absolute atomic E-state index is 13.3. The highest BCUT2D eigenvalue weighted by Crippen LogP contribution is 2.37. The van der Waals surface area contributed by atoms with E-state index in [-0.39, 0.29) is 11.5 Å². The highest BCUT2D eigenvalue weighted by Gasteiger charge is 2.34. The molecule has 2 aliphatic heterocycles. The maximum atomic E-state index is 13.3. The van der Waals surface area contributed by atoms with E-state index < -0.39 is 11.7 Å². The monoisotopic (exact) mass is 398 g/mol. The van der Waals surface area contributed by atoms with Crippen molar-refractivity contribution in [3.05, 3.63) is 41.0 Å². The second-order valence-electron chi connectivity index (χ2n) is 6.75. The standard InChI is InChI=1S/C19H23F3N2O2.C2H6/c1-14-2-3-16(17(12-14)19(20,21)22)15-4-6-24(7-5-15)18(25)13-23-8-10-26-11-9-23;1-2/h2-4,12H,5-11,13H2,1H3;1-2H3. The lowest BCUT2D eigenvalue weighted by atomic mass is 9.93. The number of carbonyl (C=O) groups is 1. The van der Waals surface area contributed by atoms with Crippen LogP contribution >= 0.6 is 0 Å². The molecular weight excluding hydrogens is 369 g/mol. The van der Waals surface area contributed by atoms with E-state index in [9.17, 15) is 18.0 Å². The Hall–Kier alpha value is -1.86. The summed E-state index contributed by atoms with van der Waals surface area (Å²) in [6, 6.07) is 4.42. The summed E-state index contributed by atoms with van der Waals surface area (Å²) in [6.45, 7) is 9.52. The number of carbonyl (C=O) groups excluding carboxylic acids is 1. The molecule has 1 fully saturated rings. The minimum absolute atomic E-state index is 0.0159. The fourth-order valence-corrected chi connectivity index (χ4v) is 3.36. The fourth-order valence-electron chi connectivity index (χ4n) is 3.36. The predicted octanol–water partition coefficient (Wildman–Crippen LogP) is 3.99. The summed E-state index contributed by atoms with van der Waals surface area (Å²) in [4.78, 5) is 16.2. The molecule has 0 N–H and O–H groups in total. The highest BCUT2D eigenvalue weighted by molar-refractivity contribution is 5.80. The lowest BCUT2D eigenvalue weighted by Gasteiger charge is -2.31. The summed E-state index contributed by atoms with van der Waals surface area (Å²) < 4.78 is 45.3. The molecule has 0 saturated carbocycles. The van der Waals surface area contributed by atoms with E-state index in [1.807, 2.05) is 18.7 Å². The average Bonchev–Trinajstić information content (AvgIpc) is 2.70. The smallest absolute Gasteiger partial charge is 0.379 e. The second-order valence-corrected chi connectivity index (χ2v) is 6.75. The number of morpholine rings is 1. The Morgan fingerprint density at radius 3 is 2.39 bits per heavy atom. The van der Waals surface area contributed by atoms with Gasteiger partial charge >= 0.3 is 6.18 Å². The van der Waals surface area contributed by atoms with Crippen LogP contribution in [0.3, 0.4) is 0 Å². The number of hydrogen-bond acceptors (Lipinski definition) is 3. The van der Waals surface area contributed by atoms with Crippen LogP contribution in [0.25, 0.3) is 5.57 Å². The van der Waals surface area contributed by atoms with Crippen molar-refractivity contribution in [2.45, 2.75) is 33.4 Å². The normalized spacial score (nSPS) is 18.2. The van der Waals surface area contributed by atoms with E-state index in [0.717, 1.165) is 13.1 Å². The van der Waals surface area contributed by atoms with Crippen molar-refractivity contribution in [3.63, 3.8) is 0 Å². The number of hydrogen-bond donors (Lipinski definition) is 0. The predicted molar refractivity (Wildman–Crippen MR) is 104 cm³/mol. The fraction of sp³-hybridized carbons (Fsp3) is 0.571. The van der Waals surface area contributed by atoms with Crippen LogP contribution in [0.4, 0.5) is 13.2 Å². The number of alkyl halides is 3. The third-order valence-corrected chi connectivity index (χ3v) is 4.85. The number of nitrogens with zero attached hydrogens (tertiary/aromatic N) is 2. The topological polar surface area (TPSA) is 32.8 Å². The van der Waals surface area contributed by atoms with Gasteiger partial charge in [-0.05, 0) is 30.5 Å². The van der Waals surface area contributed by atoms with Crippen LogP contribution in [0, 0.1) is 6.92 Å². The van der Waals surface area contributed by atoms with Crippen LogP contribution < -0.4 is 0 Å². The molecule has 0 spiro atoms. The van der Waals surface area contributed by atoms with Gasteiger partial charge in [-0.1, -0.05) is 37.6 Å². The first kappa shape index (κ1) is 22.4. The van der Waals surface area contributed by atoms with Crippen molar-refractivity contribution in [1.82, 2.24) is 9.80 Å². The van der Waals surface area contributed by atoms with Gasteiger partial charge in [0, 0.05) is 26.2 Å². The number of rotatable bonds is 3. The number of amides is 1. The van der Waals surface area contributed by atoms with Crippen molar-refractivity contribution in [2.24, 2.45) is 0 Å². The van der Waals surface area contributed by atoms with Gasteiger partial charge in [-0.25, -0.2) is 0 Å². The summed E-state index contributed by atoms with van der Waals surface area (Å²) in [6.07, 6.45) is -2.20. The Balaban J connectivity index is 0.00000136. The largest absolute Gasteiger partial charge is 0.417 e. The quantitative estimate of drug-likeness (QED) is 0.772. The minimum Gasteiger partial charge on any atom is -0.379 e. The Bertz CT molecular complexity index is 695. The number of benzene rings is 1. The molecular formula is C21H29F3N2O2. The van der Waals surface area contributed by atoms with Gasteiger partial charge in [0.05, 0.1) is 25.3 Å². The van der Waals surface area contributed by atoms with E-state index >= 15 is 0 Å². The molecule has 2 heterocycles. The van der Waals surface area contributed by atoms with Crippen LogP contribution in [-0.2, 0) is 15.7 Å². The van der Waals surface area contributed by atoms with Crippen LogP contribution in [-0.4, -0.2) is 61.6 Å². The summed E-state index contributed by atoms with van der Waals surface area (Å²) in [5.41, 5.74) is 0.868. The second kappa shape index (κ2) is 10.1. The van der Waals surface area contributed by atoms with Crippen LogP contribution in [0.5, 0.6) is 0 Å². The molecule has 1 amide bonds. The summed E-state index contributed by atoms with van der Waals surface area (Å²) in [5, 5.41) is 0. The summed E-state index contributed by atoms with van der Waals surface area (Å²) >= 11 is 0. The SMILES string of the molecule is CC.Cc1ccc(C2=CCN(C(=O)CN3CCOCC3)CC2)c(C(F)(F)F)c1. The molecule has 0 atom stereocenters. The highest BCUT2D eigenvalue weighted by atomic mass is 19.4. The molecule has 3 rings (SSSR count). The van der Waals surface area contributed by atoms with Gasteiger partial charge in [-0.3, -0.25) is 9.69 Å². The van der Waals surface area contributed by atoms with Gasteiger partial charge in [0.15, 0.2) is 0 Å². The Morgan fingerprint density at radius 2 is 1.82 bits per heavy atom. The van der Waals surface area contributed by atoms with Crippen LogP contribution in [0.15, 0.2) is 24.3 Å². The number of ether oxygens (including phenoxy) is 1. The number of halogens is 3. The molecule has 1 saturated heterocycles. The zero-order chi connectivity index (χ0) is 20.7. The molecule has 28 heavy (non-hydrogen) atoms. The van der Waals surface area contributed by atoms with Gasteiger partial charge in [0.1, 0.15) is 0 Å². The zero-order valence-electron chi connectivity index (χ0n) is 16.8. The van der Waals surface area contributed by atoms with Gasteiger partial charge < -0.3 is 9.64 Å². The van der Waals surface area contributed by atoms with Gasteiger partial charge in [-0.2, -0.15) is 13.2 Å². The molecule has 1 aromatic carbocycles. The zero-order valence-corrected chi connectivity index (χ0v) is 16.8. The molecule has 0 radical (unpaired) electrons. The molecule has 7 heteroatoms. The molecule has 1 aromatic rings. The van der Waals surface area contributed by atoms with Crippen molar-refractivity contribution >= 4 is 11.5 Å². The first-order chi connectivity index (χ1) is 13.3. The van der Waals surface area contributed by atoms with E-state index in [1.165, 1.54) is 12.1 Å². The maximum Gasteiger partial charge on any atom is 0.417 e. The summed E-state index contributed by atoms with van der Waals surface area (Å²) in [5.74, 6) is 0.0159.